The molecule has 2 N–H and O–H groups in total. The maximum atomic E-state index is 13.3. The number of anilines is 2. The Bertz CT molecular complexity index is 1520. The van der Waals surface area contributed by atoms with Gasteiger partial charge in [-0.3, -0.25) is 19.7 Å². The molecule has 0 aliphatic carbocycles. The van der Waals surface area contributed by atoms with Crippen molar-refractivity contribution in [2.24, 2.45) is 0 Å². The molecule has 5 amide bonds. The van der Waals surface area contributed by atoms with Crippen molar-refractivity contribution in [1.82, 2.24) is 5.32 Å². The van der Waals surface area contributed by atoms with Crippen LogP contribution in [0.4, 0.5) is 16.2 Å². The summed E-state index contributed by atoms with van der Waals surface area (Å²) in [6, 6.07) is 14.8. The molecule has 12 heteroatoms. The number of hydrogen-bond donors (Lipinski definition) is 2. The van der Waals surface area contributed by atoms with Crippen molar-refractivity contribution in [3.8, 4) is 17.2 Å². The molecule has 0 saturated carbocycles. The van der Waals surface area contributed by atoms with Crippen LogP contribution >= 0.6 is 23.2 Å². The fraction of sp³-hybridized carbons (Fsp3) is 0.172. The van der Waals surface area contributed by atoms with Crippen LogP contribution in [0.2, 0.25) is 10.0 Å². The SMILES string of the molecule is CCCOc1ccc(N2C(=O)NC(=O)/C(=C\c3ccc(OCC(=O)Nc4ccc(Cl)cc4)c(Cl)c3)C2=O)cc1OC. The minimum absolute atomic E-state index is 0.141. The van der Waals surface area contributed by atoms with Crippen LogP contribution in [0.3, 0.4) is 0 Å². The summed E-state index contributed by atoms with van der Waals surface area (Å²) in [5.74, 6) is -1.11. The Morgan fingerprint density at radius 3 is 2.37 bits per heavy atom. The topological polar surface area (TPSA) is 123 Å². The second-order valence-corrected chi connectivity index (χ2v) is 9.52. The van der Waals surface area contributed by atoms with Gasteiger partial charge in [0.1, 0.15) is 11.3 Å². The molecule has 41 heavy (non-hydrogen) atoms. The molecule has 10 nitrogen and oxygen atoms in total. The van der Waals surface area contributed by atoms with E-state index in [-0.39, 0.29) is 28.6 Å². The molecule has 0 radical (unpaired) electrons. The number of carbonyl (C=O) groups is 4. The highest BCUT2D eigenvalue weighted by Crippen LogP contribution is 2.34. The van der Waals surface area contributed by atoms with Crippen LogP contribution in [0.5, 0.6) is 17.2 Å². The summed E-state index contributed by atoms with van der Waals surface area (Å²) in [4.78, 5) is 51.6. The highest BCUT2D eigenvalue weighted by molar-refractivity contribution is 6.39. The van der Waals surface area contributed by atoms with Gasteiger partial charge in [-0.05, 0) is 66.6 Å². The fourth-order valence-corrected chi connectivity index (χ4v) is 4.15. The second-order valence-electron chi connectivity index (χ2n) is 8.68. The number of urea groups is 1. The van der Waals surface area contributed by atoms with E-state index in [9.17, 15) is 19.2 Å². The predicted octanol–water partition coefficient (Wildman–Crippen LogP) is 5.47. The summed E-state index contributed by atoms with van der Waals surface area (Å²) in [6.07, 6.45) is 2.08. The van der Waals surface area contributed by atoms with Crippen molar-refractivity contribution in [3.05, 3.63) is 81.8 Å². The van der Waals surface area contributed by atoms with Crippen LogP contribution < -0.4 is 29.7 Å². The molecule has 1 saturated heterocycles. The zero-order valence-electron chi connectivity index (χ0n) is 22.0. The monoisotopic (exact) mass is 597 g/mol. The van der Waals surface area contributed by atoms with Crippen LogP contribution in [-0.4, -0.2) is 44.1 Å². The van der Waals surface area contributed by atoms with Gasteiger partial charge in [0.15, 0.2) is 18.1 Å². The van der Waals surface area contributed by atoms with Crippen molar-refractivity contribution in [1.29, 1.82) is 0 Å². The lowest BCUT2D eigenvalue weighted by Gasteiger charge is -2.27. The number of carbonyl (C=O) groups excluding carboxylic acids is 4. The Hall–Kier alpha value is -4.54. The van der Waals surface area contributed by atoms with Gasteiger partial charge in [-0.2, -0.15) is 0 Å². The molecular formula is C29H25Cl2N3O7. The van der Waals surface area contributed by atoms with E-state index in [1.807, 2.05) is 6.92 Å². The Morgan fingerprint density at radius 2 is 1.68 bits per heavy atom. The molecule has 1 aliphatic heterocycles. The number of nitrogens with one attached hydrogen (secondary N) is 2. The third-order valence-electron chi connectivity index (χ3n) is 5.72. The molecule has 1 fully saturated rings. The van der Waals surface area contributed by atoms with Crippen molar-refractivity contribution in [2.75, 3.05) is 30.5 Å². The highest BCUT2D eigenvalue weighted by Gasteiger charge is 2.37. The van der Waals surface area contributed by atoms with E-state index in [1.165, 1.54) is 37.5 Å². The van der Waals surface area contributed by atoms with E-state index in [4.69, 9.17) is 37.4 Å². The first-order valence-electron chi connectivity index (χ1n) is 12.4. The van der Waals surface area contributed by atoms with Gasteiger partial charge in [-0.25, -0.2) is 9.69 Å². The van der Waals surface area contributed by atoms with Gasteiger partial charge in [0.2, 0.25) is 0 Å². The molecule has 0 bridgehead atoms. The number of halogens is 2. The number of rotatable bonds is 10. The van der Waals surface area contributed by atoms with E-state index in [1.54, 1.807) is 36.4 Å². The standard InChI is InChI=1S/C29H25Cl2N3O7/c1-3-12-40-24-11-9-20(15-25(24)39-2)34-28(37)21(27(36)33-29(34)38)13-17-4-10-23(22(31)14-17)41-16-26(35)32-19-7-5-18(30)6-8-19/h4-11,13-15H,3,12,16H2,1-2H3,(H,32,35)(H,33,36,38)/b21-13+. The number of imide groups is 2. The van der Waals surface area contributed by atoms with Gasteiger partial charge < -0.3 is 19.5 Å². The van der Waals surface area contributed by atoms with Crippen LogP contribution in [0.25, 0.3) is 6.08 Å². The van der Waals surface area contributed by atoms with Gasteiger partial charge in [0, 0.05) is 16.8 Å². The summed E-state index contributed by atoms with van der Waals surface area (Å²) in [5, 5.41) is 5.53. The minimum atomic E-state index is -0.903. The lowest BCUT2D eigenvalue weighted by Crippen LogP contribution is -2.54. The smallest absolute Gasteiger partial charge is 0.335 e. The Labute approximate surface area is 245 Å². The zero-order valence-corrected chi connectivity index (χ0v) is 23.5. The van der Waals surface area contributed by atoms with E-state index in [0.717, 1.165) is 11.3 Å². The number of benzene rings is 3. The minimum Gasteiger partial charge on any atom is -0.493 e. The molecule has 4 rings (SSSR count). The molecule has 0 unspecified atom stereocenters. The zero-order chi connectivity index (χ0) is 29.5. The molecule has 0 spiro atoms. The van der Waals surface area contributed by atoms with E-state index >= 15 is 0 Å². The number of nitrogens with zero attached hydrogens (tertiary/aromatic N) is 1. The first-order chi connectivity index (χ1) is 19.7. The molecule has 0 atom stereocenters. The van der Waals surface area contributed by atoms with Gasteiger partial charge in [-0.1, -0.05) is 36.2 Å². The largest absolute Gasteiger partial charge is 0.493 e. The Kier molecular flexibility index (Phi) is 9.49. The van der Waals surface area contributed by atoms with Crippen molar-refractivity contribution >= 4 is 64.4 Å². The number of amides is 5. The van der Waals surface area contributed by atoms with E-state index < -0.39 is 23.8 Å². The summed E-state index contributed by atoms with van der Waals surface area (Å²) >= 11 is 12.2. The molecule has 0 aromatic heterocycles. The lowest BCUT2D eigenvalue weighted by molar-refractivity contribution is -0.122. The average molecular weight is 598 g/mol. The molecule has 3 aromatic rings. The van der Waals surface area contributed by atoms with Crippen molar-refractivity contribution in [2.45, 2.75) is 13.3 Å². The summed E-state index contributed by atoms with van der Waals surface area (Å²) < 4.78 is 16.5. The summed E-state index contributed by atoms with van der Waals surface area (Å²) in [7, 11) is 1.44. The molecule has 1 heterocycles. The van der Waals surface area contributed by atoms with Crippen LogP contribution in [0.15, 0.2) is 66.2 Å². The first-order valence-corrected chi connectivity index (χ1v) is 13.2. The maximum absolute atomic E-state index is 13.3. The third-order valence-corrected chi connectivity index (χ3v) is 6.27. The number of methoxy groups -OCH3 is 1. The van der Waals surface area contributed by atoms with Crippen LogP contribution in [-0.2, 0) is 14.4 Å². The quantitative estimate of drug-likeness (QED) is 0.234. The molecule has 212 valence electrons. The summed E-state index contributed by atoms with van der Waals surface area (Å²) in [5.41, 5.74) is 0.840. The Balaban J connectivity index is 1.49. The third kappa shape index (κ3) is 7.16. The number of barbiturate groups is 1. The molecule has 1 aliphatic rings. The van der Waals surface area contributed by atoms with Crippen molar-refractivity contribution in [3.63, 3.8) is 0 Å². The van der Waals surface area contributed by atoms with Crippen molar-refractivity contribution < 1.29 is 33.4 Å². The molecule has 3 aromatic carbocycles. The highest BCUT2D eigenvalue weighted by atomic mass is 35.5. The second kappa shape index (κ2) is 13.2. The lowest BCUT2D eigenvalue weighted by atomic mass is 10.1. The maximum Gasteiger partial charge on any atom is 0.335 e. The van der Waals surface area contributed by atoms with Gasteiger partial charge in [-0.15, -0.1) is 0 Å². The van der Waals surface area contributed by atoms with Crippen LogP contribution in [0, 0.1) is 0 Å². The predicted molar refractivity (Wildman–Crippen MR) is 155 cm³/mol. The average Bonchev–Trinajstić information content (AvgIpc) is 2.95. The van der Waals surface area contributed by atoms with Crippen LogP contribution in [0.1, 0.15) is 18.9 Å². The van der Waals surface area contributed by atoms with E-state index in [0.29, 0.717) is 34.4 Å². The number of hydrogen-bond acceptors (Lipinski definition) is 7. The summed E-state index contributed by atoms with van der Waals surface area (Å²) in [6.45, 7) is 2.11. The Morgan fingerprint density at radius 1 is 0.951 bits per heavy atom. The van der Waals surface area contributed by atoms with E-state index in [2.05, 4.69) is 10.6 Å². The van der Waals surface area contributed by atoms with Gasteiger partial charge >= 0.3 is 6.03 Å². The number of ether oxygens (including phenoxy) is 3. The van der Waals surface area contributed by atoms with Gasteiger partial charge in [0.05, 0.1) is 24.4 Å². The fourth-order valence-electron chi connectivity index (χ4n) is 3.78. The molecular weight excluding hydrogens is 573 g/mol. The first kappa shape index (κ1) is 29.4. The van der Waals surface area contributed by atoms with Gasteiger partial charge in [0.25, 0.3) is 17.7 Å². The normalized spacial score (nSPS) is 14.1.